The van der Waals surface area contributed by atoms with Crippen LogP contribution in [0.5, 0.6) is 0 Å². The molecule has 1 aliphatic heterocycles. The monoisotopic (exact) mass is 307 g/mol. The molecule has 116 valence electrons. The largest absolute Gasteiger partial charge is 0.375 e. The minimum absolute atomic E-state index is 0.227. The maximum atomic E-state index is 6.13. The van der Waals surface area contributed by atoms with Gasteiger partial charge in [-0.15, -0.1) is 0 Å². The van der Waals surface area contributed by atoms with Crippen LogP contribution in [0.15, 0.2) is 24.3 Å². The van der Waals surface area contributed by atoms with E-state index in [4.69, 9.17) is 16.3 Å². The van der Waals surface area contributed by atoms with Gasteiger partial charge < -0.3 is 10.1 Å². The van der Waals surface area contributed by atoms with Crippen LogP contribution < -0.4 is 5.32 Å². The van der Waals surface area contributed by atoms with Crippen molar-refractivity contribution in [3.05, 3.63) is 34.9 Å². The number of nitrogens with one attached hydrogen (secondary N) is 1. The van der Waals surface area contributed by atoms with Crippen molar-refractivity contribution in [1.29, 1.82) is 0 Å². The van der Waals surface area contributed by atoms with Crippen LogP contribution in [0.3, 0.4) is 0 Å². The van der Waals surface area contributed by atoms with Crippen molar-refractivity contribution >= 4 is 11.6 Å². The smallest absolute Gasteiger partial charge is 0.0685 e. The molecule has 2 aliphatic rings. The third-order valence-electron chi connectivity index (χ3n) is 5.18. The van der Waals surface area contributed by atoms with Crippen molar-refractivity contribution in [2.75, 3.05) is 13.2 Å². The Morgan fingerprint density at radius 1 is 1.43 bits per heavy atom. The zero-order valence-electron chi connectivity index (χ0n) is 12.9. The summed E-state index contributed by atoms with van der Waals surface area (Å²) in [6.07, 6.45) is 7.34. The van der Waals surface area contributed by atoms with Gasteiger partial charge in [0.15, 0.2) is 0 Å². The van der Waals surface area contributed by atoms with Gasteiger partial charge in [0.25, 0.3) is 0 Å². The van der Waals surface area contributed by atoms with Gasteiger partial charge in [-0.05, 0) is 68.7 Å². The van der Waals surface area contributed by atoms with Crippen molar-refractivity contribution < 1.29 is 4.74 Å². The average molecular weight is 308 g/mol. The molecule has 2 nitrogen and oxygen atoms in total. The maximum absolute atomic E-state index is 6.13. The molecule has 1 aromatic carbocycles. The molecule has 1 spiro atoms. The van der Waals surface area contributed by atoms with Crippen LogP contribution in [-0.2, 0) is 11.2 Å². The summed E-state index contributed by atoms with van der Waals surface area (Å²) >= 11 is 6.13. The van der Waals surface area contributed by atoms with Crippen LogP contribution in [0.4, 0.5) is 0 Å². The second-order valence-corrected chi connectivity index (χ2v) is 7.07. The van der Waals surface area contributed by atoms with E-state index in [1.165, 1.54) is 37.7 Å². The lowest BCUT2D eigenvalue weighted by Crippen LogP contribution is -2.50. The summed E-state index contributed by atoms with van der Waals surface area (Å²) in [5.41, 5.74) is 1.56. The number of ether oxygens (including phenoxy) is 1. The van der Waals surface area contributed by atoms with Gasteiger partial charge in [0.05, 0.1) is 5.60 Å². The van der Waals surface area contributed by atoms with E-state index in [1.807, 2.05) is 6.07 Å². The van der Waals surface area contributed by atoms with Crippen molar-refractivity contribution in [2.24, 2.45) is 5.92 Å². The lowest BCUT2D eigenvalue weighted by molar-refractivity contribution is -0.147. The fourth-order valence-electron chi connectivity index (χ4n) is 3.91. The summed E-state index contributed by atoms with van der Waals surface area (Å²) in [7, 11) is 0. The highest BCUT2D eigenvalue weighted by Gasteiger charge is 2.44. The molecule has 2 unspecified atom stereocenters. The van der Waals surface area contributed by atoms with Crippen LogP contribution in [-0.4, -0.2) is 24.8 Å². The molecular weight excluding hydrogens is 282 g/mol. The number of hydrogen-bond donors (Lipinski definition) is 1. The molecule has 0 aromatic heterocycles. The predicted octanol–water partition coefficient (Wildman–Crippen LogP) is 4.21. The first-order valence-electron chi connectivity index (χ1n) is 8.32. The zero-order valence-corrected chi connectivity index (χ0v) is 13.7. The molecular formula is C18H26ClNO. The molecule has 0 bridgehead atoms. The van der Waals surface area contributed by atoms with E-state index in [1.54, 1.807) is 0 Å². The van der Waals surface area contributed by atoms with E-state index in [-0.39, 0.29) is 5.60 Å². The molecule has 1 saturated heterocycles. The van der Waals surface area contributed by atoms with Gasteiger partial charge in [-0.1, -0.05) is 30.7 Å². The molecule has 2 atom stereocenters. The predicted molar refractivity (Wildman–Crippen MR) is 87.9 cm³/mol. The Morgan fingerprint density at radius 3 is 2.95 bits per heavy atom. The van der Waals surface area contributed by atoms with E-state index in [9.17, 15) is 0 Å². The number of likely N-dealkylation sites (N-methyl/N-ethyl adjacent to an activating group) is 1. The lowest BCUT2D eigenvalue weighted by atomic mass is 9.70. The highest BCUT2D eigenvalue weighted by atomic mass is 35.5. The van der Waals surface area contributed by atoms with Gasteiger partial charge in [-0.2, -0.15) is 0 Å². The SMILES string of the molecule is CCNC(Cc1cccc(Cl)c1)C1CCOC2(CCC2)C1. The van der Waals surface area contributed by atoms with Gasteiger partial charge in [-0.3, -0.25) is 0 Å². The van der Waals surface area contributed by atoms with Crippen molar-refractivity contribution in [1.82, 2.24) is 5.32 Å². The van der Waals surface area contributed by atoms with Crippen LogP contribution in [0.1, 0.15) is 44.6 Å². The Kier molecular flexibility index (Phi) is 4.88. The molecule has 0 amide bonds. The highest BCUT2D eigenvalue weighted by molar-refractivity contribution is 6.30. The summed E-state index contributed by atoms with van der Waals surface area (Å²) in [5, 5.41) is 4.55. The van der Waals surface area contributed by atoms with Gasteiger partial charge in [0.2, 0.25) is 0 Å². The molecule has 1 heterocycles. The maximum Gasteiger partial charge on any atom is 0.0685 e. The van der Waals surface area contributed by atoms with Crippen LogP contribution in [0.2, 0.25) is 5.02 Å². The first-order chi connectivity index (χ1) is 10.2. The third-order valence-corrected chi connectivity index (χ3v) is 5.41. The molecule has 1 aliphatic carbocycles. The molecule has 1 N–H and O–H groups in total. The molecule has 0 radical (unpaired) electrons. The first-order valence-corrected chi connectivity index (χ1v) is 8.70. The van der Waals surface area contributed by atoms with Gasteiger partial charge in [0.1, 0.15) is 0 Å². The zero-order chi connectivity index (χ0) is 14.7. The first kappa shape index (κ1) is 15.3. The van der Waals surface area contributed by atoms with E-state index in [0.29, 0.717) is 6.04 Å². The van der Waals surface area contributed by atoms with E-state index < -0.39 is 0 Å². The Bertz CT molecular complexity index is 472. The Hall–Kier alpha value is -0.570. The van der Waals surface area contributed by atoms with Gasteiger partial charge in [0, 0.05) is 17.7 Å². The topological polar surface area (TPSA) is 21.3 Å². The normalized spacial score (nSPS) is 25.5. The minimum Gasteiger partial charge on any atom is -0.375 e. The average Bonchev–Trinajstić information content (AvgIpc) is 2.45. The molecule has 2 fully saturated rings. The summed E-state index contributed by atoms with van der Waals surface area (Å²) in [4.78, 5) is 0. The lowest BCUT2D eigenvalue weighted by Gasteiger charge is -2.49. The molecule has 3 rings (SSSR count). The number of hydrogen-bond acceptors (Lipinski definition) is 2. The van der Waals surface area contributed by atoms with E-state index >= 15 is 0 Å². The highest BCUT2D eigenvalue weighted by Crippen LogP contribution is 2.45. The third kappa shape index (κ3) is 3.61. The standard InChI is InChI=1S/C18H26ClNO/c1-2-20-17(12-14-5-3-6-16(19)11-14)15-7-10-21-18(13-15)8-4-9-18/h3,5-6,11,15,17,20H,2,4,7-10,12-13H2,1H3. The van der Waals surface area contributed by atoms with Gasteiger partial charge >= 0.3 is 0 Å². The second kappa shape index (κ2) is 6.68. The van der Waals surface area contributed by atoms with Crippen LogP contribution in [0.25, 0.3) is 0 Å². The van der Waals surface area contributed by atoms with Crippen molar-refractivity contribution in [2.45, 2.75) is 57.1 Å². The Balaban J connectivity index is 1.68. The fourth-order valence-corrected chi connectivity index (χ4v) is 4.13. The van der Waals surface area contributed by atoms with Crippen molar-refractivity contribution in [3.8, 4) is 0 Å². The number of halogens is 1. The van der Waals surface area contributed by atoms with E-state index in [0.717, 1.165) is 30.5 Å². The molecule has 3 heteroatoms. The molecule has 1 saturated carbocycles. The summed E-state index contributed by atoms with van der Waals surface area (Å²) in [6.45, 7) is 4.15. The summed E-state index contributed by atoms with van der Waals surface area (Å²) < 4.78 is 6.08. The Morgan fingerprint density at radius 2 is 2.29 bits per heavy atom. The fraction of sp³-hybridized carbons (Fsp3) is 0.667. The second-order valence-electron chi connectivity index (χ2n) is 6.64. The number of rotatable bonds is 5. The van der Waals surface area contributed by atoms with Gasteiger partial charge in [-0.25, -0.2) is 0 Å². The summed E-state index contributed by atoms with van der Waals surface area (Å²) in [6, 6.07) is 8.83. The molecule has 21 heavy (non-hydrogen) atoms. The number of benzene rings is 1. The molecule has 1 aromatic rings. The van der Waals surface area contributed by atoms with Crippen LogP contribution in [0, 0.1) is 5.92 Å². The minimum atomic E-state index is 0.227. The van der Waals surface area contributed by atoms with E-state index in [2.05, 4.69) is 30.4 Å². The Labute approximate surface area is 133 Å². The summed E-state index contributed by atoms with van der Waals surface area (Å²) in [5.74, 6) is 0.720. The quantitative estimate of drug-likeness (QED) is 0.880. The van der Waals surface area contributed by atoms with Crippen LogP contribution >= 0.6 is 11.6 Å². The van der Waals surface area contributed by atoms with Crippen molar-refractivity contribution in [3.63, 3.8) is 0 Å².